The van der Waals surface area contributed by atoms with E-state index in [-0.39, 0.29) is 11.8 Å². The van der Waals surface area contributed by atoms with Crippen LogP contribution in [-0.4, -0.2) is 29.3 Å². The highest BCUT2D eigenvalue weighted by atomic mass is 16.2. The summed E-state index contributed by atoms with van der Waals surface area (Å²) in [4.78, 5) is 27.3. The van der Waals surface area contributed by atoms with Crippen LogP contribution in [0, 0.1) is 13.8 Å². The molecule has 0 aromatic heterocycles. The second kappa shape index (κ2) is 10.6. The Morgan fingerprint density at radius 3 is 2.36 bits per heavy atom. The van der Waals surface area contributed by atoms with E-state index in [1.807, 2.05) is 45.0 Å². The van der Waals surface area contributed by atoms with E-state index in [0.717, 1.165) is 23.1 Å². The average Bonchev–Trinajstić information content (AvgIpc) is 2.70. The molecular weight excluding hydrogens is 348 g/mol. The molecule has 0 radical (unpaired) electrons. The Labute approximate surface area is 169 Å². The summed E-state index contributed by atoms with van der Waals surface area (Å²) in [6.07, 6.45) is 1.94. The van der Waals surface area contributed by atoms with E-state index < -0.39 is 6.04 Å². The predicted molar refractivity (Wildman–Crippen MR) is 114 cm³/mol. The van der Waals surface area contributed by atoms with Gasteiger partial charge in [0.05, 0.1) is 0 Å². The molecule has 0 aliphatic heterocycles. The number of aryl methyl sites for hydroxylation is 3. The van der Waals surface area contributed by atoms with Crippen LogP contribution in [0.4, 0.5) is 0 Å². The summed E-state index contributed by atoms with van der Waals surface area (Å²) in [6, 6.07) is 15.8. The molecule has 2 amide bonds. The highest BCUT2D eigenvalue weighted by molar-refractivity contribution is 5.87. The number of nitrogens with zero attached hydrogens (tertiary/aromatic N) is 1. The summed E-state index contributed by atoms with van der Waals surface area (Å²) < 4.78 is 0. The molecule has 2 aromatic rings. The van der Waals surface area contributed by atoms with Crippen LogP contribution in [0.1, 0.15) is 48.9 Å². The van der Waals surface area contributed by atoms with Crippen molar-refractivity contribution in [3.63, 3.8) is 0 Å². The number of rotatable bonds is 9. The van der Waals surface area contributed by atoms with E-state index in [0.29, 0.717) is 25.9 Å². The molecule has 0 aliphatic carbocycles. The van der Waals surface area contributed by atoms with E-state index in [2.05, 4.69) is 36.5 Å². The Bertz CT molecular complexity index is 783. The second-order valence-corrected chi connectivity index (χ2v) is 7.40. The quantitative estimate of drug-likeness (QED) is 0.709. The molecule has 28 heavy (non-hydrogen) atoms. The molecule has 2 aromatic carbocycles. The van der Waals surface area contributed by atoms with E-state index in [1.165, 1.54) is 5.56 Å². The first-order valence-electron chi connectivity index (χ1n) is 10.1. The summed E-state index contributed by atoms with van der Waals surface area (Å²) in [5, 5.41) is 2.92. The molecule has 0 heterocycles. The second-order valence-electron chi connectivity index (χ2n) is 7.40. The smallest absolute Gasteiger partial charge is 0.242 e. The molecule has 1 N–H and O–H groups in total. The molecule has 0 spiro atoms. The lowest BCUT2D eigenvalue weighted by atomic mass is 10.0. The van der Waals surface area contributed by atoms with Gasteiger partial charge >= 0.3 is 0 Å². The van der Waals surface area contributed by atoms with Gasteiger partial charge in [0.1, 0.15) is 6.04 Å². The molecule has 4 nitrogen and oxygen atoms in total. The van der Waals surface area contributed by atoms with Gasteiger partial charge in [0, 0.05) is 19.5 Å². The van der Waals surface area contributed by atoms with Crippen molar-refractivity contribution < 1.29 is 9.59 Å². The molecule has 0 fully saturated rings. The first kappa shape index (κ1) is 21.7. The van der Waals surface area contributed by atoms with Crippen LogP contribution >= 0.6 is 0 Å². The summed E-state index contributed by atoms with van der Waals surface area (Å²) in [5.74, 6) is -0.0953. The third-order valence-corrected chi connectivity index (χ3v) is 5.07. The monoisotopic (exact) mass is 380 g/mol. The fourth-order valence-corrected chi connectivity index (χ4v) is 3.10. The van der Waals surface area contributed by atoms with Crippen LogP contribution in [0.2, 0.25) is 0 Å². The van der Waals surface area contributed by atoms with Crippen molar-refractivity contribution in [2.24, 2.45) is 0 Å². The maximum Gasteiger partial charge on any atom is 0.242 e. The van der Waals surface area contributed by atoms with Gasteiger partial charge in [-0.3, -0.25) is 9.59 Å². The molecule has 1 atom stereocenters. The third-order valence-electron chi connectivity index (χ3n) is 5.07. The zero-order chi connectivity index (χ0) is 20.5. The van der Waals surface area contributed by atoms with Crippen LogP contribution in [0.5, 0.6) is 0 Å². The number of amides is 2. The molecular formula is C24H32N2O2. The van der Waals surface area contributed by atoms with E-state index in [1.54, 1.807) is 4.90 Å². The Morgan fingerprint density at radius 2 is 1.71 bits per heavy atom. The summed E-state index contributed by atoms with van der Waals surface area (Å²) >= 11 is 0. The minimum Gasteiger partial charge on any atom is -0.354 e. The maximum atomic E-state index is 13.1. The summed E-state index contributed by atoms with van der Waals surface area (Å²) in [6.45, 7) is 8.98. The number of nitrogens with one attached hydrogen (secondary N) is 1. The summed E-state index contributed by atoms with van der Waals surface area (Å²) in [7, 11) is 0. The maximum absolute atomic E-state index is 13.1. The first-order chi connectivity index (χ1) is 13.4. The van der Waals surface area contributed by atoms with Gasteiger partial charge in [-0.2, -0.15) is 0 Å². The van der Waals surface area contributed by atoms with Crippen LogP contribution in [-0.2, 0) is 22.6 Å². The Morgan fingerprint density at radius 1 is 1.04 bits per heavy atom. The number of hydrogen-bond acceptors (Lipinski definition) is 2. The van der Waals surface area contributed by atoms with Crippen molar-refractivity contribution >= 4 is 11.8 Å². The molecule has 0 bridgehead atoms. The van der Waals surface area contributed by atoms with Crippen molar-refractivity contribution in [2.45, 2.75) is 59.5 Å². The van der Waals surface area contributed by atoms with Crippen molar-refractivity contribution in [1.29, 1.82) is 0 Å². The van der Waals surface area contributed by atoms with E-state index >= 15 is 0 Å². The Hall–Kier alpha value is -2.62. The SMILES string of the molecule is CCCNC(=O)C(C)N(Cc1ccccc1C)C(=O)CCc1ccc(C)cc1. The van der Waals surface area contributed by atoms with Gasteiger partial charge in [-0.05, 0) is 50.3 Å². The van der Waals surface area contributed by atoms with Crippen molar-refractivity contribution in [3.8, 4) is 0 Å². The topological polar surface area (TPSA) is 49.4 Å². The number of benzene rings is 2. The van der Waals surface area contributed by atoms with Gasteiger partial charge in [-0.25, -0.2) is 0 Å². The fraction of sp³-hybridized carbons (Fsp3) is 0.417. The molecule has 2 rings (SSSR count). The van der Waals surface area contributed by atoms with Crippen molar-refractivity contribution in [3.05, 3.63) is 70.8 Å². The van der Waals surface area contributed by atoms with Gasteiger partial charge in [-0.15, -0.1) is 0 Å². The first-order valence-corrected chi connectivity index (χ1v) is 10.1. The van der Waals surface area contributed by atoms with Gasteiger partial charge in [0.25, 0.3) is 0 Å². The lowest BCUT2D eigenvalue weighted by Gasteiger charge is -2.29. The zero-order valence-electron chi connectivity index (χ0n) is 17.5. The minimum atomic E-state index is -0.503. The van der Waals surface area contributed by atoms with E-state index in [4.69, 9.17) is 0 Å². The molecule has 0 saturated carbocycles. The van der Waals surface area contributed by atoms with Crippen molar-refractivity contribution in [2.75, 3.05) is 6.54 Å². The Kier molecular flexibility index (Phi) is 8.24. The number of carbonyl (C=O) groups excluding carboxylic acids is 2. The van der Waals surface area contributed by atoms with Gasteiger partial charge in [-0.1, -0.05) is 61.0 Å². The largest absolute Gasteiger partial charge is 0.354 e. The zero-order valence-corrected chi connectivity index (χ0v) is 17.5. The van der Waals surface area contributed by atoms with Crippen molar-refractivity contribution in [1.82, 2.24) is 10.2 Å². The third kappa shape index (κ3) is 6.22. The minimum absolute atomic E-state index is 0.00276. The number of carbonyl (C=O) groups is 2. The average molecular weight is 381 g/mol. The lowest BCUT2D eigenvalue weighted by molar-refractivity contribution is -0.140. The normalized spacial score (nSPS) is 11.7. The van der Waals surface area contributed by atoms with Crippen LogP contribution in [0.25, 0.3) is 0 Å². The standard InChI is InChI=1S/C24H32N2O2/c1-5-16-25-24(28)20(4)26(17-22-9-7-6-8-19(22)3)23(27)15-14-21-12-10-18(2)11-13-21/h6-13,20H,5,14-17H2,1-4H3,(H,25,28). The van der Waals surface area contributed by atoms with Gasteiger partial charge in [0.15, 0.2) is 0 Å². The molecule has 4 heteroatoms. The lowest BCUT2D eigenvalue weighted by Crippen LogP contribution is -2.47. The fourth-order valence-electron chi connectivity index (χ4n) is 3.10. The van der Waals surface area contributed by atoms with Gasteiger partial charge in [0.2, 0.25) is 11.8 Å². The molecule has 150 valence electrons. The van der Waals surface area contributed by atoms with E-state index in [9.17, 15) is 9.59 Å². The highest BCUT2D eigenvalue weighted by Crippen LogP contribution is 2.16. The predicted octanol–water partition coefficient (Wildman–Crippen LogP) is 4.18. The van der Waals surface area contributed by atoms with Crippen LogP contribution in [0.15, 0.2) is 48.5 Å². The Balaban J connectivity index is 2.13. The summed E-state index contributed by atoms with van der Waals surface area (Å²) in [5.41, 5.74) is 4.54. The molecule has 0 saturated heterocycles. The van der Waals surface area contributed by atoms with Crippen LogP contribution in [0.3, 0.4) is 0 Å². The highest BCUT2D eigenvalue weighted by Gasteiger charge is 2.26. The van der Waals surface area contributed by atoms with Crippen LogP contribution < -0.4 is 5.32 Å². The molecule has 1 unspecified atom stereocenters. The molecule has 0 aliphatic rings. The number of hydrogen-bond donors (Lipinski definition) is 1. The van der Waals surface area contributed by atoms with Gasteiger partial charge < -0.3 is 10.2 Å².